The molecule has 0 saturated heterocycles. The van der Waals surface area contributed by atoms with Gasteiger partial charge in [-0.05, 0) is 17.5 Å². The van der Waals surface area contributed by atoms with Gasteiger partial charge in [0.25, 0.3) is 0 Å². The number of nitrogens with one attached hydrogen (secondary N) is 1. The maximum absolute atomic E-state index is 12.3. The van der Waals surface area contributed by atoms with Crippen LogP contribution in [0.2, 0.25) is 0 Å². The van der Waals surface area contributed by atoms with Gasteiger partial charge in [-0.25, -0.2) is 9.59 Å². The fraction of sp³-hybridized carbons (Fsp3) is 0.250. The molecule has 0 aliphatic heterocycles. The lowest BCUT2D eigenvalue weighted by atomic mass is 10.1. The van der Waals surface area contributed by atoms with E-state index in [4.69, 9.17) is 14.6 Å². The molecule has 0 heterocycles. The summed E-state index contributed by atoms with van der Waals surface area (Å²) in [6.45, 7) is 0.0708. The van der Waals surface area contributed by atoms with Gasteiger partial charge in [-0.2, -0.15) is 0 Å². The van der Waals surface area contributed by atoms with Crippen LogP contribution in [0, 0.1) is 0 Å². The van der Waals surface area contributed by atoms with Crippen LogP contribution in [-0.4, -0.2) is 29.2 Å². The van der Waals surface area contributed by atoms with Gasteiger partial charge in [0.15, 0.2) is 0 Å². The molecule has 2 rings (SSSR count). The summed E-state index contributed by atoms with van der Waals surface area (Å²) in [7, 11) is 0. The third-order valence-corrected chi connectivity index (χ3v) is 3.66. The average Bonchev–Trinajstić information content (AvgIpc) is 2.69. The van der Waals surface area contributed by atoms with E-state index in [1.54, 1.807) is 24.3 Å². The Morgan fingerprint density at radius 3 is 1.89 bits per heavy atom. The fourth-order valence-corrected chi connectivity index (χ4v) is 2.25. The first-order valence-corrected chi connectivity index (χ1v) is 8.44. The maximum Gasteiger partial charge on any atom is 0.408 e. The molecule has 7 heteroatoms. The van der Waals surface area contributed by atoms with Crippen LogP contribution in [0.4, 0.5) is 4.79 Å². The molecule has 0 aliphatic rings. The number of esters is 1. The molecule has 27 heavy (non-hydrogen) atoms. The van der Waals surface area contributed by atoms with Crippen molar-refractivity contribution in [3.63, 3.8) is 0 Å². The van der Waals surface area contributed by atoms with Crippen molar-refractivity contribution in [1.82, 2.24) is 5.32 Å². The summed E-state index contributed by atoms with van der Waals surface area (Å²) in [4.78, 5) is 35.0. The molecule has 0 fully saturated rings. The number of amides is 1. The number of aliphatic carboxylic acids is 1. The normalized spacial score (nSPS) is 11.3. The molecule has 1 amide bonds. The van der Waals surface area contributed by atoms with Crippen molar-refractivity contribution in [2.75, 3.05) is 0 Å². The number of ether oxygens (including phenoxy) is 2. The first kappa shape index (κ1) is 20.0. The Hall–Kier alpha value is -3.35. The van der Waals surface area contributed by atoms with Gasteiger partial charge in [0.1, 0.15) is 19.3 Å². The summed E-state index contributed by atoms with van der Waals surface area (Å²) >= 11 is 0. The maximum atomic E-state index is 12.3. The van der Waals surface area contributed by atoms with Crippen LogP contribution >= 0.6 is 0 Å². The monoisotopic (exact) mass is 371 g/mol. The van der Waals surface area contributed by atoms with E-state index in [2.05, 4.69) is 5.32 Å². The van der Waals surface area contributed by atoms with Gasteiger partial charge in [0.05, 0.1) is 0 Å². The number of carbonyl (C=O) groups excluding carboxylic acids is 2. The summed E-state index contributed by atoms with van der Waals surface area (Å²) in [5, 5.41) is 11.2. The number of carbonyl (C=O) groups is 3. The lowest BCUT2D eigenvalue weighted by Gasteiger charge is -2.17. The van der Waals surface area contributed by atoms with E-state index in [0.717, 1.165) is 11.1 Å². The second kappa shape index (κ2) is 10.6. The Morgan fingerprint density at radius 1 is 0.852 bits per heavy atom. The highest BCUT2D eigenvalue weighted by atomic mass is 16.6. The zero-order chi connectivity index (χ0) is 19.5. The quantitative estimate of drug-likeness (QED) is 0.657. The van der Waals surface area contributed by atoms with E-state index in [1.165, 1.54) is 0 Å². The van der Waals surface area contributed by atoms with Crippen LogP contribution in [0.1, 0.15) is 24.0 Å². The van der Waals surface area contributed by atoms with Crippen LogP contribution in [0.3, 0.4) is 0 Å². The number of hydrogen-bond acceptors (Lipinski definition) is 5. The van der Waals surface area contributed by atoms with Crippen LogP contribution in [0.25, 0.3) is 0 Å². The molecule has 7 nitrogen and oxygen atoms in total. The van der Waals surface area contributed by atoms with Gasteiger partial charge < -0.3 is 19.9 Å². The number of benzene rings is 2. The number of carboxylic acids is 1. The summed E-state index contributed by atoms with van der Waals surface area (Å²) in [5.74, 6) is -1.79. The van der Waals surface area contributed by atoms with Crippen LogP contribution in [0.5, 0.6) is 0 Å². The first-order chi connectivity index (χ1) is 13.0. The highest BCUT2D eigenvalue weighted by Crippen LogP contribution is 2.07. The minimum absolute atomic E-state index is 0.0317. The van der Waals surface area contributed by atoms with Gasteiger partial charge in [0.2, 0.25) is 0 Å². The van der Waals surface area contributed by atoms with E-state index in [0.29, 0.717) is 0 Å². The number of rotatable bonds is 9. The number of carboxylic acid groups (broad SMARTS) is 1. The second-order valence-corrected chi connectivity index (χ2v) is 5.78. The van der Waals surface area contributed by atoms with Gasteiger partial charge in [-0.1, -0.05) is 60.7 Å². The molecule has 0 spiro atoms. The summed E-state index contributed by atoms with van der Waals surface area (Å²) in [6.07, 6.45) is -1.20. The van der Waals surface area contributed by atoms with Crippen LogP contribution in [-0.2, 0) is 32.3 Å². The molecule has 0 radical (unpaired) electrons. The molecule has 0 saturated carbocycles. The Morgan fingerprint density at radius 2 is 1.37 bits per heavy atom. The Bertz CT molecular complexity index is 748. The zero-order valence-electron chi connectivity index (χ0n) is 14.7. The SMILES string of the molecule is O=C(O)CCC(NC(=O)OCc1ccccc1)C(=O)OCc1ccccc1. The number of hydrogen-bond donors (Lipinski definition) is 2. The molecule has 2 N–H and O–H groups in total. The van der Waals surface area contributed by atoms with Gasteiger partial charge in [-0.3, -0.25) is 4.79 Å². The third-order valence-electron chi connectivity index (χ3n) is 3.66. The van der Waals surface area contributed by atoms with Crippen LogP contribution in [0.15, 0.2) is 60.7 Å². The molecule has 0 bridgehead atoms. The molecular formula is C20H21NO6. The average molecular weight is 371 g/mol. The van der Waals surface area contributed by atoms with Crippen molar-refractivity contribution in [2.45, 2.75) is 32.1 Å². The highest BCUT2D eigenvalue weighted by molar-refractivity contribution is 5.82. The summed E-state index contributed by atoms with van der Waals surface area (Å²) < 4.78 is 10.3. The van der Waals surface area contributed by atoms with E-state index in [9.17, 15) is 14.4 Å². The van der Waals surface area contributed by atoms with Crippen molar-refractivity contribution in [3.8, 4) is 0 Å². The fourth-order valence-electron chi connectivity index (χ4n) is 2.25. The Balaban J connectivity index is 1.88. The predicted octanol–water partition coefficient (Wildman–Crippen LogP) is 2.89. The molecule has 0 aromatic heterocycles. The lowest BCUT2D eigenvalue weighted by molar-refractivity contribution is -0.148. The van der Waals surface area contributed by atoms with Crippen molar-refractivity contribution in [3.05, 3.63) is 71.8 Å². The first-order valence-electron chi connectivity index (χ1n) is 8.44. The Labute approximate surface area is 156 Å². The van der Waals surface area contributed by atoms with Crippen molar-refractivity contribution < 1.29 is 29.0 Å². The van der Waals surface area contributed by atoms with E-state index in [1.807, 2.05) is 36.4 Å². The summed E-state index contributed by atoms with van der Waals surface area (Å²) in [6, 6.07) is 17.0. The standard InChI is InChI=1S/C20H21NO6/c22-18(23)12-11-17(19(24)26-13-15-7-3-1-4-8-15)21-20(25)27-14-16-9-5-2-6-10-16/h1-10,17H,11-14H2,(H,21,25)(H,22,23). The van der Waals surface area contributed by atoms with E-state index in [-0.39, 0.29) is 26.1 Å². The minimum atomic E-state index is -1.10. The van der Waals surface area contributed by atoms with Crippen molar-refractivity contribution in [1.29, 1.82) is 0 Å². The second-order valence-electron chi connectivity index (χ2n) is 5.78. The smallest absolute Gasteiger partial charge is 0.408 e. The van der Waals surface area contributed by atoms with Gasteiger partial charge in [0, 0.05) is 6.42 Å². The van der Waals surface area contributed by atoms with E-state index >= 15 is 0 Å². The highest BCUT2D eigenvalue weighted by Gasteiger charge is 2.24. The van der Waals surface area contributed by atoms with E-state index < -0.39 is 24.1 Å². The van der Waals surface area contributed by atoms with Gasteiger partial charge in [-0.15, -0.1) is 0 Å². The topological polar surface area (TPSA) is 102 Å². The minimum Gasteiger partial charge on any atom is -0.481 e. The summed E-state index contributed by atoms with van der Waals surface area (Å²) in [5.41, 5.74) is 1.58. The van der Waals surface area contributed by atoms with Crippen LogP contribution < -0.4 is 5.32 Å². The zero-order valence-corrected chi connectivity index (χ0v) is 14.7. The largest absolute Gasteiger partial charge is 0.481 e. The molecule has 1 unspecified atom stereocenters. The lowest BCUT2D eigenvalue weighted by Crippen LogP contribution is -2.42. The van der Waals surface area contributed by atoms with Crippen molar-refractivity contribution in [2.24, 2.45) is 0 Å². The molecule has 2 aromatic carbocycles. The molecular weight excluding hydrogens is 350 g/mol. The number of alkyl carbamates (subject to hydrolysis) is 1. The molecule has 0 aliphatic carbocycles. The van der Waals surface area contributed by atoms with Gasteiger partial charge >= 0.3 is 18.0 Å². The molecule has 2 aromatic rings. The molecule has 142 valence electrons. The Kier molecular flexibility index (Phi) is 7.84. The third kappa shape index (κ3) is 7.60. The molecule has 1 atom stereocenters. The van der Waals surface area contributed by atoms with Crippen molar-refractivity contribution >= 4 is 18.0 Å². The predicted molar refractivity (Wildman–Crippen MR) is 96.7 cm³/mol.